The molecule has 0 amide bonds. The van der Waals surface area contributed by atoms with Gasteiger partial charge < -0.3 is 4.52 Å². The lowest BCUT2D eigenvalue weighted by Gasteiger charge is -2.13. The fraction of sp³-hybridized carbons (Fsp3) is 0.500. The van der Waals surface area contributed by atoms with Gasteiger partial charge in [-0.2, -0.15) is 4.98 Å². The van der Waals surface area contributed by atoms with Crippen LogP contribution in [0.25, 0.3) is 0 Å². The Morgan fingerprint density at radius 3 is 2.38 bits per heavy atom. The second-order valence-corrected chi connectivity index (χ2v) is 6.30. The zero-order valence-electron chi connectivity index (χ0n) is 12.3. The minimum Gasteiger partial charge on any atom is -0.339 e. The largest absolute Gasteiger partial charge is 0.339 e. The molecule has 0 bridgehead atoms. The zero-order valence-corrected chi connectivity index (χ0v) is 12.3. The van der Waals surface area contributed by atoms with E-state index in [4.69, 9.17) is 9.51 Å². The van der Waals surface area contributed by atoms with Crippen LogP contribution in [0.4, 0.5) is 0 Å². The van der Waals surface area contributed by atoms with Crippen molar-refractivity contribution < 1.29 is 4.52 Å². The van der Waals surface area contributed by atoms with Crippen LogP contribution in [0.5, 0.6) is 0 Å². The summed E-state index contributed by atoms with van der Waals surface area (Å²) in [5.41, 5.74) is 7.74. The summed E-state index contributed by atoms with van der Waals surface area (Å²) in [6, 6.07) is 11.1. The van der Waals surface area contributed by atoms with Gasteiger partial charge in [-0.05, 0) is 32.3 Å². The highest BCUT2D eigenvalue weighted by atomic mass is 16.5. The molecular formula is C16H20N4O. The molecular weight excluding hydrogens is 264 g/mol. The Kier molecular flexibility index (Phi) is 2.87. The maximum atomic E-state index is 5.60. The molecule has 0 radical (unpaired) electrons. The maximum Gasteiger partial charge on any atom is 0.233 e. The lowest BCUT2D eigenvalue weighted by Crippen LogP contribution is -2.30. The smallest absolute Gasteiger partial charge is 0.233 e. The summed E-state index contributed by atoms with van der Waals surface area (Å²) < 4.78 is 5.60. The van der Waals surface area contributed by atoms with Crippen LogP contribution in [0.15, 0.2) is 34.9 Å². The fourth-order valence-electron chi connectivity index (χ4n) is 3.39. The third-order valence-electron chi connectivity index (χ3n) is 4.85. The molecule has 1 aromatic heterocycles. The Morgan fingerprint density at radius 1 is 1.10 bits per heavy atom. The lowest BCUT2D eigenvalue weighted by molar-refractivity contribution is 0.332. The van der Waals surface area contributed by atoms with Gasteiger partial charge in [0.2, 0.25) is 5.89 Å². The van der Waals surface area contributed by atoms with E-state index >= 15 is 0 Å². The first-order valence-electron chi connectivity index (χ1n) is 7.61. The van der Waals surface area contributed by atoms with Crippen molar-refractivity contribution >= 4 is 0 Å². The molecule has 0 spiro atoms. The highest BCUT2D eigenvalue weighted by Gasteiger charge is 2.50. The van der Waals surface area contributed by atoms with Crippen LogP contribution in [0.3, 0.4) is 0 Å². The predicted molar refractivity (Wildman–Crippen MR) is 78.7 cm³/mol. The van der Waals surface area contributed by atoms with Gasteiger partial charge in [0.25, 0.3) is 0 Å². The molecule has 2 aromatic rings. The van der Waals surface area contributed by atoms with Gasteiger partial charge in [-0.3, -0.25) is 10.9 Å². The van der Waals surface area contributed by atoms with E-state index < -0.39 is 0 Å². The highest BCUT2D eigenvalue weighted by Crippen LogP contribution is 2.52. The Bertz CT molecular complexity index is 625. The van der Waals surface area contributed by atoms with Crippen LogP contribution in [0, 0.1) is 0 Å². The van der Waals surface area contributed by atoms with Gasteiger partial charge in [0, 0.05) is 12.1 Å². The molecule has 1 saturated heterocycles. The second-order valence-electron chi connectivity index (χ2n) is 6.30. The van der Waals surface area contributed by atoms with Crippen molar-refractivity contribution in [1.29, 1.82) is 0 Å². The molecule has 110 valence electrons. The number of aromatic nitrogens is 2. The van der Waals surface area contributed by atoms with E-state index in [0.717, 1.165) is 24.6 Å². The number of hydrogen-bond acceptors (Lipinski definition) is 5. The summed E-state index contributed by atoms with van der Waals surface area (Å²) >= 11 is 0. The molecule has 1 aliphatic carbocycles. The lowest BCUT2D eigenvalue weighted by atomic mass is 9.94. The number of hydrogen-bond donors (Lipinski definition) is 2. The van der Waals surface area contributed by atoms with E-state index in [1.807, 2.05) is 6.07 Å². The molecule has 2 aliphatic rings. The predicted octanol–water partition coefficient (Wildman–Crippen LogP) is 2.12. The summed E-state index contributed by atoms with van der Waals surface area (Å²) in [4.78, 5) is 4.75. The summed E-state index contributed by atoms with van der Waals surface area (Å²) in [6.45, 7) is 4.27. The van der Waals surface area contributed by atoms with E-state index in [-0.39, 0.29) is 11.3 Å². The first-order chi connectivity index (χ1) is 10.2. The Labute approximate surface area is 124 Å². The quantitative estimate of drug-likeness (QED) is 0.904. The monoisotopic (exact) mass is 284 g/mol. The highest BCUT2D eigenvalue weighted by molar-refractivity contribution is 5.38. The average molecular weight is 284 g/mol. The molecule has 4 rings (SSSR count). The molecule has 5 nitrogen and oxygen atoms in total. The van der Waals surface area contributed by atoms with Crippen LogP contribution in [-0.4, -0.2) is 22.2 Å². The summed E-state index contributed by atoms with van der Waals surface area (Å²) in [6.07, 6.45) is 2.20. The first kappa shape index (κ1) is 13.0. The average Bonchev–Trinajstić information content (AvgIpc) is 3.06. The minimum atomic E-state index is -0.0189. The molecule has 5 heteroatoms. The van der Waals surface area contributed by atoms with Gasteiger partial charge in [-0.25, -0.2) is 0 Å². The van der Waals surface area contributed by atoms with Crippen molar-refractivity contribution in [2.24, 2.45) is 0 Å². The van der Waals surface area contributed by atoms with Gasteiger partial charge in [-0.1, -0.05) is 35.5 Å². The zero-order chi connectivity index (χ0) is 14.4. The van der Waals surface area contributed by atoms with E-state index in [0.29, 0.717) is 12.1 Å². The Hall–Kier alpha value is -1.72. The van der Waals surface area contributed by atoms with Crippen molar-refractivity contribution in [3.05, 3.63) is 47.6 Å². The van der Waals surface area contributed by atoms with E-state index in [1.165, 1.54) is 5.56 Å². The normalized spacial score (nSPS) is 30.5. The topological polar surface area (TPSA) is 63.0 Å². The summed E-state index contributed by atoms with van der Waals surface area (Å²) in [5.74, 6) is 1.80. The number of nitrogens with zero attached hydrogens (tertiary/aromatic N) is 2. The standard InChI is InChI=1S/C16H20N4O/c1-10-13(11(2)19-18-10)14-17-15(20-21-14)16(8-9-16)12-6-4-3-5-7-12/h3-7,10-11,13,18-19H,8-9H2,1-2H3. The summed E-state index contributed by atoms with van der Waals surface area (Å²) in [7, 11) is 0. The molecule has 2 fully saturated rings. The van der Waals surface area contributed by atoms with Crippen LogP contribution in [-0.2, 0) is 5.41 Å². The van der Waals surface area contributed by atoms with Gasteiger partial charge >= 0.3 is 0 Å². The third-order valence-corrected chi connectivity index (χ3v) is 4.85. The van der Waals surface area contributed by atoms with Crippen LogP contribution in [0.1, 0.15) is 49.9 Å². The molecule has 21 heavy (non-hydrogen) atoms. The summed E-state index contributed by atoms with van der Waals surface area (Å²) in [5, 5.41) is 4.30. The van der Waals surface area contributed by atoms with Crippen molar-refractivity contribution in [2.75, 3.05) is 0 Å². The Morgan fingerprint density at radius 2 is 1.76 bits per heavy atom. The van der Waals surface area contributed by atoms with Crippen LogP contribution in [0.2, 0.25) is 0 Å². The van der Waals surface area contributed by atoms with Gasteiger partial charge in [0.1, 0.15) is 0 Å². The fourth-order valence-corrected chi connectivity index (χ4v) is 3.39. The van der Waals surface area contributed by atoms with Gasteiger partial charge in [-0.15, -0.1) is 0 Å². The van der Waals surface area contributed by atoms with Crippen LogP contribution < -0.4 is 10.9 Å². The molecule has 1 aliphatic heterocycles. The maximum absolute atomic E-state index is 5.60. The van der Waals surface area contributed by atoms with E-state index in [9.17, 15) is 0 Å². The molecule has 2 atom stereocenters. The first-order valence-corrected chi connectivity index (χ1v) is 7.61. The Balaban J connectivity index is 1.66. The SMILES string of the molecule is CC1NNC(C)C1c1nc(C2(c3ccccc3)CC2)no1. The molecule has 2 heterocycles. The van der Waals surface area contributed by atoms with Crippen molar-refractivity contribution in [2.45, 2.75) is 50.1 Å². The number of hydrazine groups is 1. The molecule has 1 aromatic carbocycles. The van der Waals surface area contributed by atoms with Crippen molar-refractivity contribution in [3.63, 3.8) is 0 Å². The second kappa shape index (κ2) is 4.64. The van der Waals surface area contributed by atoms with Crippen LogP contribution >= 0.6 is 0 Å². The van der Waals surface area contributed by atoms with Gasteiger partial charge in [0.05, 0.1) is 11.3 Å². The molecule has 1 saturated carbocycles. The minimum absolute atomic E-state index is 0.0189. The number of nitrogens with one attached hydrogen (secondary N) is 2. The van der Waals surface area contributed by atoms with E-state index in [2.05, 4.69) is 54.1 Å². The van der Waals surface area contributed by atoms with Gasteiger partial charge in [0.15, 0.2) is 5.82 Å². The van der Waals surface area contributed by atoms with Crippen molar-refractivity contribution in [1.82, 2.24) is 21.0 Å². The number of rotatable bonds is 3. The number of benzene rings is 1. The molecule has 2 unspecified atom stereocenters. The molecule has 2 N–H and O–H groups in total. The van der Waals surface area contributed by atoms with Crippen molar-refractivity contribution in [3.8, 4) is 0 Å². The van der Waals surface area contributed by atoms with E-state index in [1.54, 1.807) is 0 Å². The third kappa shape index (κ3) is 2.00.